The topological polar surface area (TPSA) is 33.2 Å². The Bertz CT molecular complexity index is 466. The van der Waals surface area contributed by atoms with Gasteiger partial charge in [-0.1, -0.05) is 30.1 Å². The molecule has 1 aromatic rings. The van der Waals surface area contributed by atoms with E-state index < -0.39 is 18.6 Å². The molecule has 0 atom stereocenters. The molecule has 3 nitrogen and oxygen atoms in total. The van der Waals surface area contributed by atoms with Crippen molar-refractivity contribution in [2.75, 3.05) is 13.1 Å². The smallest absolute Gasteiger partial charge is 0.330 e. The van der Waals surface area contributed by atoms with Crippen LogP contribution in [0.4, 0.5) is 13.2 Å². The molecule has 0 fully saturated rings. The van der Waals surface area contributed by atoms with Crippen LogP contribution in [0.25, 0.3) is 0 Å². The van der Waals surface area contributed by atoms with Crippen molar-refractivity contribution in [1.82, 2.24) is 9.88 Å². The molecule has 0 unspecified atom stereocenters. The Morgan fingerprint density at radius 1 is 1.42 bits per heavy atom. The number of aromatic nitrogens is 1. The molecule has 19 heavy (non-hydrogen) atoms. The van der Waals surface area contributed by atoms with Crippen molar-refractivity contribution >= 4 is 29.1 Å². The van der Waals surface area contributed by atoms with E-state index in [1.807, 2.05) is 0 Å². The van der Waals surface area contributed by atoms with Crippen molar-refractivity contribution in [3.63, 3.8) is 0 Å². The zero-order valence-corrected chi connectivity index (χ0v) is 11.5. The Kier molecular flexibility index (Phi) is 5.43. The third-order valence-electron chi connectivity index (χ3n) is 2.20. The van der Waals surface area contributed by atoms with Gasteiger partial charge in [-0.15, -0.1) is 0 Å². The molecule has 0 aliphatic heterocycles. The summed E-state index contributed by atoms with van der Waals surface area (Å²) < 4.78 is 37.3. The number of halogens is 5. The largest absolute Gasteiger partial charge is 0.406 e. The molecule has 0 saturated carbocycles. The maximum Gasteiger partial charge on any atom is 0.406 e. The summed E-state index contributed by atoms with van der Waals surface area (Å²) in [5.74, 6) is -0.812. The van der Waals surface area contributed by atoms with Gasteiger partial charge >= 0.3 is 6.18 Å². The van der Waals surface area contributed by atoms with Crippen LogP contribution in [0.5, 0.6) is 0 Å². The molecule has 0 bridgehead atoms. The zero-order chi connectivity index (χ0) is 14.6. The van der Waals surface area contributed by atoms with Crippen molar-refractivity contribution in [3.05, 3.63) is 28.0 Å². The molecule has 8 heteroatoms. The maximum atomic E-state index is 12.4. The summed E-state index contributed by atoms with van der Waals surface area (Å²) in [7, 11) is 0. The lowest BCUT2D eigenvalue weighted by atomic mass is 10.2. The first-order valence-corrected chi connectivity index (χ1v) is 6.17. The number of carbonyl (C=O) groups excluding carboxylic acids is 1. The van der Waals surface area contributed by atoms with E-state index in [9.17, 15) is 18.0 Å². The van der Waals surface area contributed by atoms with Crippen LogP contribution in [0.15, 0.2) is 12.3 Å². The van der Waals surface area contributed by atoms with E-state index in [1.54, 1.807) is 6.92 Å². The molecule has 1 amide bonds. The zero-order valence-electron chi connectivity index (χ0n) is 9.97. The maximum absolute atomic E-state index is 12.4. The minimum Gasteiger partial charge on any atom is -0.330 e. The molecule has 0 N–H and O–H groups in total. The summed E-state index contributed by atoms with van der Waals surface area (Å²) in [6.07, 6.45) is -2.93. The summed E-state index contributed by atoms with van der Waals surface area (Å²) >= 11 is 11.4. The van der Waals surface area contributed by atoms with E-state index in [0.717, 1.165) is 12.3 Å². The van der Waals surface area contributed by atoms with Crippen molar-refractivity contribution in [3.8, 4) is 0 Å². The molecule has 1 rings (SSSR count). The van der Waals surface area contributed by atoms with Crippen molar-refractivity contribution in [2.24, 2.45) is 0 Å². The van der Waals surface area contributed by atoms with Gasteiger partial charge in [0.25, 0.3) is 5.91 Å². The van der Waals surface area contributed by atoms with Gasteiger partial charge in [0.2, 0.25) is 0 Å². The number of rotatable bonds is 4. The second kappa shape index (κ2) is 6.43. The molecule has 106 valence electrons. The Hall–Kier alpha value is -1.01. The van der Waals surface area contributed by atoms with Crippen LogP contribution >= 0.6 is 23.2 Å². The molecular weight excluding hydrogens is 304 g/mol. The highest BCUT2D eigenvalue weighted by Crippen LogP contribution is 2.23. The molecular formula is C11H11Cl2F3N2O. The second-order valence-corrected chi connectivity index (χ2v) is 4.62. The van der Waals surface area contributed by atoms with Crippen LogP contribution < -0.4 is 0 Å². The van der Waals surface area contributed by atoms with E-state index in [1.165, 1.54) is 0 Å². The quantitative estimate of drug-likeness (QED) is 0.792. The minimum absolute atomic E-state index is 0.00351. The fourth-order valence-electron chi connectivity index (χ4n) is 1.49. The van der Waals surface area contributed by atoms with Gasteiger partial charge in [0.1, 0.15) is 11.7 Å². The second-order valence-electron chi connectivity index (χ2n) is 3.83. The molecule has 0 aromatic carbocycles. The average Bonchev–Trinajstić information content (AvgIpc) is 2.29. The normalized spacial score (nSPS) is 11.5. The third kappa shape index (κ3) is 4.87. The van der Waals surface area contributed by atoms with E-state index in [4.69, 9.17) is 23.2 Å². The van der Waals surface area contributed by atoms with Crippen LogP contribution in [-0.2, 0) is 0 Å². The van der Waals surface area contributed by atoms with Gasteiger partial charge in [0.05, 0.1) is 10.6 Å². The van der Waals surface area contributed by atoms with Gasteiger partial charge in [-0.25, -0.2) is 4.98 Å². The third-order valence-corrected chi connectivity index (χ3v) is 2.71. The lowest BCUT2D eigenvalue weighted by Crippen LogP contribution is -2.39. The first-order chi connectivity index (χ1) is 8.74. The van der Waals surface area contributed by atoms with Gasteiger partial charge in [0.15, 0.2) is 0 Å². The number of pyridine rings is 1. The lowest BCUT2D eigenvalue weighted by molar-refractivity contribution is -0.140. The highest BCUT2D eigenvalue weighted by molar-refractivity contribution is 6.35. The summed E-state index contributed by atoms with van der Waals surface area (Å²) in [6.45, 7) is 0.336. The van der Waals surface area contributed by atoms with E-state index in [-0.39, 0.29) is 22.3 Å². The van der Waals surface area contributed by atoms with Crippen LogP contribution in [0, 0.1) is 0 Å². The van der Waals surface area contributed by atoms with Crippen molar-refractivity contribution in [1.29, 1.82) is 0 Å². The van der Waals surface area contributed by atoms with Gasteiger partial charge in [-0.2, -0.15) is 13.2 Å². The molecule has 0 radical (unpaired) electrons. The summed E-state index contributed by atoms with van der Waals surface area (Å²) in [4.78, 5) is 16.4. The Morgan fingerprint density at radius 2 is 2.05 bits per heavy atom. The van der Waals surface area contributed by atoms with E-state index in [2.05, 4.69) is 4.98 Å². The molecule has 1 aromatic heterocycles. The van der Waals surface area contributed by atoms with Crippen molar-refractivity contribution < 1.29 is 18.0 Å². The number of nitrogens with zero attached hydrogens (tertiary/aromatic N) is 2. The molecule has 0 saturated heterocycles. The Balaban J connectivity index is 3.02. The van der Waals surface area contributed by atoms with Crippen LogP contribution in [0.1, 0.15) is 23.7 Å². The molecule has 0 aliphatic carbocycles. The van der Waals surface area contributed by atoms with Crippen LogP contribution in [0.2, 0.25) is 10.2 Å². The first kappa shape index (κ1) is 16.0. The summed E-state index contributed by atoms with van der Waals surface area (Å²) in [6, 6.07) is 1.16. The summed E-state index contributed by atoms with van der Waals surface area (Å²) in [5, 5.41) is -0.0334. The SMILES string of the molecule is CCCN(CC(F)(F)F)C(=O)c1cc(Cl)ncc1Cl. The highest BCUT2D eigenvalue weighted by Gasteiger charge is 2.33. The van der Waals surface area contributed by atoms with Gasteiger partial charge in [-0.3, -0.25) is 4.79 Å². The molecule has 0 aliphatic rings. The van der Waals surface area contributed by atoms with E-state index in [0.29, 0.717) is 11.3 Å². The fraction of sp³-hybridized carbons (Fsp3) is 0.455. The van der Waals surface area contributed by atoms with Gasteiger partial charge in [0, 0.05) is 12.7 Å². The van der Waals surface area contributed by atoms with Crippen LogP contribution in [0.3, 0.4) is 0 Å². The van der Waals surface area contributed by atoms with E-state index >= 15 is 0 Å². The number of alkyl halides is 3. The monoisotopic (exact) mass is 314 g/mol. The molecule has 1 heterocycles. The Morgan fingerprint density at radius 3 is 2.58 bits per heavy atom. The van der Waals surface area contributed by atoms with Crippen molar-refractivity contribution in [2.45, 2.75) is 19.5 Å². The van der Waals surface area contributed by atoms with Crippen LogP contribution in [-0.4, -0.2) is 35.1 Å². The number of amides is 1. The van der Waals surface area contributed by atoms with Gasteiger partial charge < -0.3 is 4.90 Å². The predicted molar refractivity (Wildman–Crippen MR) is 66.5 cm³/mol. The number of hydrogen-bond donors (Lipinski definition) is 0. The average molecular weight is 315 g/mol. The fourth-order valence-corrected chi connectivity index (χ4v) is 1.83. The number of hydrogen-bond acceptors (Lipinski definition) is 2. The first-order valence-electron chi connectivity index (χ1n) is 5.41. The molecule has 0 spiro atoms. The number of carbonyl (C=O) groups is 1. The highest BCUT2D eigenvalue weighted by atomic mass is 35.5. The lowest BCUT2D eigenvalue weighted by Gasteiger charge is -2.23. The minimum atomic E-state index is -4.46. The predicted octanol–water partition coefficient (Wildman–Crippen LogP) is 3.80. The standard InChI is InChI=1S/C11H11Cl2F3N2O/c1-2-3-18(6-11(14,15)16)10(19)7-4-9(13)17-5-8(7)12/h4-5H,2-3,6H2,1H3. The van der Waals surface area contributed by atoms with Gasteiger partial charge in [-0.05, 0) is 12.5 Å². The summed E-state index contributed by atoms with van der Waals surface area (Å²) in [5.41, 5.74) is -0.0839. The Labute approximate surface area is 118 Å².